The van der Waals surface area contributed by atoms with Crippen LogP contribution in [0.2, 0.25) is 0 Å². The summed E-state index contributed by atoms with van der Waals surface area (Å²) < 4.78 is 6.29. The van der Waals surface area contributed by atoms with Gasteiger partial charge >= 0.3 is 6.09 Å². The lowest BCUT2D eigenvalue weighted by Gasteiger charge is -2.38. The third-order valence-corrected chi connectivity index (χ3v) is 5.18. The Morgan fingerprint density at radius 1 is 1.48 bits per heavy atom. The molecule has 1 N–H and O–H groups in total. The lowest BCUT2D eigenvalue weighted by atomic mass is 9.81. The average molecular weight is 290 g/mol. The molecule has 2 atom stereocenters. The van der Waals surface area contributed by atoms with Crippen molar-refractivity contribution in [3.8, 4) is 5.75 Å². The molecule has 2 aliphatic rings. The monoisotopic (exact) mass is 290 g/mol. The molecule has 21 heavy (non-hydrogen) atoms. The summed E-state index contributed by atoms with van der Waals surface area (Å²) in [6, 6.07) is 5.97. The number of nitrogens with one attached hydrogen (secondary N) is 1. The molecule has 0 unspecified atom stereocenters. The van der Waals surface area contributed by atoms with E-state index in [0.29, 0.717) is 11.9 Å². The number of carbonyl (C=O) groups excluding carboxylic acids is 1. The van der Waals surface area contributed by atoms with Crippen molar-refractivity contribution in [2.24, 2.45) is 0 Å². The second-order valence-electron chi connectivity index (χ2n) is 6.97. The van der Waals surface area contributed by atoms with E-state index in [1.54, 1.807) is 7.05 Å². The molecule has 5 heteroatoms. The van der Waals surface area contributed by atoms with Gasteiger partial charge in [-0.25, -0.2) is 4.79 Å². The first kappa shape index (κ1) is 14.2. The molecule has 1 aromatic carbocycles. The molecular formula is C16H24N3O2+. The lowest BCUT2D eigenvalue weighted by molar-refractivity contribution is -0.903. The molecule has 1 amide bonds. The van der Waals surface area contributed by atoms with Crippen LogP contribution in [0.1, 0.15) is 18.9 Å². The molecule has 1 aromatic rings. The van der Waals surface area contributed by atoms with Crippen LogP contribution < -0.4 is 15.0 Å². The van der Waals surface area contributed by atoms with Crippen LogP contribution in [0.15, 0.2) is 18.2 Å². The molecule has 5 nitrogen and oxygen atoms in total. The van der Waals surface area contributed by atoms with Gasteiger partial charge in [0.2, 0.25) is 0 Å². The quantitative estimate of drug-likeness (QED) is 0.804. The predicted octanol–water partition coefficient (Wildman–Crippen LogP) is 1.92. The van der Waals surface area contributed by atoms with Gasteiger partial charge in [-0.15, -0.1) is 0 Å². The Morgan fingerprint density at radius 3 is 2.86 bits per heavy atom. The maximum absolute atomic E-state index is 11.4. The average Bonchev–Trinajstić information content (AvgIpc) is 2.81. The highest BCUT2D eigenvalue weighted by Gasteiger charge is 2.59. The largest absolute Gasteiger partial charge is 0.412 e. The third-order valence-electron chi connectivity index (χ3n) is 5.18. The van der Waals surface area contributed by atoms with E-state index in [0.717, 1.165) is 17.4 Å². The Morgan fingerprint density at radius 2 is 2.19 bits per heavy atom. The highest BCUT2D eigenvalue weighted by atomic mass is 16.5. The molecular weight excluding hydrogens is 266 g/mol. The fourth-order valence-electron chi connectivity index (χ4n) is 4.35. The Labute approximate surface area is 126 Å². The van der Waals surface area contributed by atoms with Crippen molar-refractivity contribution >= 4 is 11.8 Å². The van der Waals surface area contributed by atoms with E-state index in [4.69, 9.17) is 4.74 Å². The van der Waals surface area contributed by atoms with Gasteiger partial charge in [0, 0.05) is 26.2 Å². The number of nitrogens with zero attached hydrogens (tertiary/aromatic N) is 2. The van der Waals surface area contributed by atoms with E-state index in [9.17, 15) is 4.79 Å². The number of likely N-dealkylation sites (tertiary alicyclic amines) is 1. The molecule has 0 bridgehead atoms. The summed E-state index contributed by atoms with van der Waals surface area (Å²) in [6.07, 6.45) is 1.15. The number of hydrogen-bond acceptors (Lipinski definition) is 3. The molecule has 1 saturated heterocycles. The smallest absolute Gasteiger partial charge is 0.410 e. The Balaban J connectivity index is 2.03. The van der Waals surface area contributed by atoms with E-state index >= 15 is 0 Å². The zero-order valence-corrected chi connectivity index (χ0v) is 13.4. The van der Waals surface area contributed by atoms with Gasteiger partial charge < -0.3 is 19.4 Å². The number of fused-ring (bicyclic) bond motifs is 3. The normalized spacial score (nSPS) is 29.0. The number of ether oxygens (including phenoxy) is 1. The summed E-state index contributed by atoms with van der Waals surface area (Å²) in [5.74, 6) is 0.612. The number of hydrogen-bond donors (Lipinski definition) is 1. The number of amides is 1. The fraction of sp³-hybridized carbons (Fsp3) is 0.562. The minimum absolute atomic E-state index is 0.107. The topological polar surface area (TPSA) is 41.6 Å². The van der Waals surface area contributed by atoms with Crippen LogP contribution in [0.5, 0.6) is 5.75 Å². The predicted molar refractivity (Wildman–Crippen MR) is 82.7 cm³/mol. The summed E-state index contributed by atoms with van der Waals surface area (Å²) in [6.45, 7) is 3.49. The summed E-state index contributed by atoms with van der Waals surface area (Å²) in [4.78, 5) is 13.8. The van der Waals surface area contributed by atoms with Crippen LogP contribution in [0.4, 0.5) is 10.5 Å². The van der Waals surface area contributed by atoms with Crippen molar-refractivity contribution in [1.82, 2.24) is 5.32 Å². The van der Waals surface area contributed by atoms with Crippen molar-refractivity contribution in [2.75, 3.05) is 39.6 Å². The van der Waals surface area contributed by atoms with Gasteiger partial charge in [-0.3, -0.25) is 0 Å². The fourth-order valence-corrected chi connectivity index (χ4v) is 4.35. The first-order chi connectivity index (χ1) is 9.79. The van der Waals surface area contributed by atoms with Crippen molar-refractivity contribution in [3.05, 3.63) is 23.8 Å². The number of carbonyl (C=O) groups is 1. The van der Waals surface area contributed by atoms with Gasteiger partial charge in [0.05, 0.1) is 26.1 Å². The minimum Gasteiger partial charge on any atom is -0.410 e. The molecule has 0 radical (unpaired) electrons. The van der Waals surface area contributed by atoms with Gasteiger partial charge in [-0.05, 0) is 30.7 Å². The van der Waals surface area contributed by atoms with Crippen LogP contribution in [0.25, 0.3) is 0 Å². The number of benzene rings is 1. The van der Waals surface area contributed by atoms with Crippen molar-refractivity contribution in [2.45, 2.75) is 24.9 Å². The molecule has 2 aliphatic heterocycles. The Bertz CT molecular complexity index is 599. The standard InChI is InChI=1S/C16H23N3O2/c1-16-8-9-19(4,5)14(16)18(3)13-7-6-11(10-12(13)16)21-15(20)17-2/h6-7,10,14H,8-9H2,1-5H3/p+1/t14-,16+/m1/s1. The van der Waals surface area contributed by atoms with Crippen LogP contribution in [0, 0.1) is 0 Å². The maximum atomic E-state index is 11.4. The van der Waals surface area contributed by atoms with Gasteiger partial charge in [-0.1, -0.05) is 0 Å². The highest BCUT2D eigenvalue weighted by Crippen LogP contribution is 2.53. The van der Waals surface area contributed by atoms with Crippen LogP contribution in [0.3, 0.4) is 0 Å². The first-order valence-electron chi connectivity index (χ1n) is 7.39. The summed E-state index contributed by atoms with van der Waals surface area (Å²) in [5.41, 5.74) is 2.65. The second kappa shape index (κ2) is 4.37. The van der Waals surface area contributed by atoms with Gasteiger partial charge in [0.1, 0.15) is 5.75 Å². The van der Waals surface area contributed by atoms with Crippen LogP contribution >= 0.6 is 0 Å². The van der Waals surface area contributed by atoms with Crippen molar-refractivity contribution < 1.29 is 14.0 Å². The molecule has 0 saturated carbocycles. The Kier molecular flexibility index (Phi) is 2.95. The lowest BCUT2D eigenvalue weighted by Crippen LogP contribution is -2.55. The van der Waals surface area contributed by atoms with Gasteiger partial charge in [0.15, 0.2) is 6.17 Å². The number of likely N-dealkylation sites (N-methyl/N-ethyl adjacent to an activating group) is 2. The van der Waals surface area contributed by atoms with Gasteiger partial charge in [-0.2, -0.15) is 0 Å². The molecule has 3 rings (SSSR count). The maximum Gasteiger partial charge on any atom is 0.412 e. The molecule has 0 aromatic heterocycles. The molecule has 2 heterocycles. The number of anilines is 1. The Hall–Kier alpha value is -1.75. The third kappa shape index (κ3) is 1.91. The van der Waals surface area contributed by atoms with E-state index in [2.05, 4.69) is 44.3 Å². The minimum atomic E-state index is -0.425. The SMILES string of the molecule is CNC(=O)Oc1ccc2c(c1)[C@]1(C)CC[N+](C)(C)[C@H]1N2C. The van der Waals surface area contributed by atoms with E-state index < -0.39 is 6.09 Å². The van der Waals surface area contributed by atoms with E-state index in [-0.39, 0.29) is 5.41 Å². The number of rotatable bonds is 1. The zero-order valence-electron chi connectivity index (χ0n) is 13.4. The molecule has 0 spiro atoms. The molecule has 1 fully saturated rings. The van der Waals surface area contributed by atoms with Gasteiger partial charge in [0.25, 0.3) is 0 Å². The van der Waals surface area contributed by atoms with E-state index in [1.165, 1.54) is 11.3 Å². The summed E-state index contributed by atoms with van der Waals surface area (Å²) in [5, 5.41) is 2.48. The summed E-state index contributed by atoms with van der Waals surface area (Å²) in [7, 11) is 8.32. The van der Waals surface area contributed by atoms with Crippen molar-refractivity contribution in [1.29, 1.82) is 0 Å². The molecule has 114 valence electrons. The number of quaternary nitrogens is 1. The van der Waals surface area contributed by atoms with Crippen LogP contribution in [-0.4, -0.2) is 51.5 Å². The molecule has 0 aliphatic carbocycles. The highest BCUT2D eigenvalue weighted by molar-refractivity contribution is 5.72. The zero-order chi connectivity index (χ0) is 15.4. The van der Waals surface area contributed by atoms with Crippen LogP contribution in [-0.2, 0) is 5.41 Å². The van der Waals surface area contributed by atoms with E-state index in [1.807, 2.05) is 12.1 Å². The summed E-state index contributed by atoms with van der Waals surface area (Å²) >= 11 is 0. The first-order valence-corrected chi connectivity index (χ1v) is 7.39. The van der Waals surface area contributed by atoms with Crippen molar-refractivity contribution in [3.63, 3.8) is 0 Å². The second-order valence-corrected chi connectivity index (χ2v) is 6.97.